The Morgan fingerprint density at radius 2 is 1.83 bits per heavy atom. The van der Waals surface area contributed by atoms with E-state index in [9.17, 15) is 8.78 Å². The van der Waals surface area contributed by atoms with Crippen LogP contribution >= 0.6 is 0 Å². The van der Waals surface area contributed by atoms with Gasteiger partial charge in [-0.25, -0.2) is 18.7 Å². The van der Waals surface area contributed by atoms with Crippen molar-refractivity contribution in [1.29, 1.82) is 0 Å². The summed E-state index contributed by atoms with van der Waals surface area (Å²) < 4.78 is 27.5. The fourth-order valence-corrected chi connectivity index (χ4v) is 1.90. The molecular formula is C13H13F2N3. The summed E-state index contributed by atoms with van der Waals surface area (Å²) in [6.45, 7) is 1.89. The Morgan fingerprint density at radius 1 is 1.17 bits per heavy atom. The Kier molecular flexibility index (Phi) is 3.50. The summed E-state index contributed by atoms with van der Waals surface area (Å²) in [5.41, 5.74) is 0.893. The molecule has 2 aromatic rings. The van der Waals surface area contributed by atoms with E-state index in [0.717, 1.165) is 0 Å². The summed E-state index contributed by atoms with van der Waals surface area (Å²) in [5, 5.41) is 2.90. The molecule has 0 saturated heterocycles. The van der Waals surface area contributed by atoms with Gasteiger partial charge >= 0.3 is 0 Å². The number of rotatable bonds is 3. The van der Waals surface area contributed by atoms with Crippen molar-refractivity contribution in [3.8, 4) is 11.3 Å². The van der Waals surface area contributed by atoms with Gasteiger partial charge in [0.25, 0.3) is 0 Å². The lowest BCUT2D eigenvalue weighted by Gasteiger charge is -2.12. The summed E-state index contributed by atoms with van der Waals surface area (Å²) in [4.78, 5) is 8.07. The van der Waals surface area contributed by atoms with Crippen LogP contribution in [-0.4, -0.2) is 17.0 Å². The fraction of sp³-hybridized carbons (Fsp3) is 0.231. The molecule has 0 aliphatic rings. The average Bonchev–Trinajstić information content (AvgIpc) is 2.38. The molecule has 0 aliphatic carbocycles. The lowest BCUT2D eigenvalue weighted by Crippen LogP contribution is -2.04. The van der Waals surface area contributed by atoms with Gasteiger partial charge in [0.15, 0.2) is 0 Å². The number of nitrogens with one attached hydrogen (secondary N) is 1. The third kappa shape index (κ3) is 2.03. The van der Waals surface area contributed by atoms with Crippen molar-refractivity contribution in [2.45, 2.75) is 13.3 Å². The molecule has 0 atom stereocenters. The van der Waals surface area contributed by atoms with Crippen LogP contribution in [-0.2, 0) is 6.42 Å². The standard InChI is InChI=1S/C13H13F2N3/c1-3-8-12(17-7-18-13(8)16-2)11-9(14)5-4-6-10(11)15/h4-7H,3H2,1-2H3,(H,16,17,18). The van der Waals surface area contributed by atoms with Crippen molar-refractivity contribution < 1.29 is 8.78 Å². The van der Waals surface area contributed by atoms with Crippen LogP contribution in [0.3, 0.4) is 0 Å². The molecule has 1 aromatic carbocycles. The highest BCUT2D eigenvalue weighted by atomic mass is 19.1. The summed E-state index contributed by atoms with van der Waals surface area (Å²) in [6.07, 6.45) is 1.88. The van der Waals surface area contributed by atoms with Gasteiger partial charge in [0, 0.05) is 12.6 Å². The van der Waals surface area contributed by atoms with E-state index in [2.05, 4.69) is 15.3 Å². The van der Waals surface area contributed by atoms with Crippen molar-refractivity contribution >= 4 is 5.82 Å². The fourth-order valence-electron chi connectivity index (χ4n) is 1.90. The van der Waals surface area contributed by atoms with Crippen LogP contribution in [0.25, 0.3) is 11.3 Å². The predicted molar refractivity (Wildman–Crippen MR) is 66.3 cm³/mol. The number of hydrogen-bond acceptors (Lipinski definition) is 3. The molecule has 0 fully saturated rings. The summed E-state index contributed by atoms with van der Waals surface area (Å²) >= 11 is 0. The molecule has 94 valence electrons. The lowest BCUT2D eigenvalue weighted by molar-refractivity contribution is 0.588. The average molecular weight is 249 g/mol. The van der Waals surface area contributed by atoms with Crippen LogP contribution < -0.4 is 5.32 Å². The van der Waals surface area contributed by atoms with E-state index in [-0.39, 0.29) is 5.56 Å². The molecule has 5 heteroatoms. The third-order valence-corrected chi connectivity index (χ3v) is 2.74. The Balaban J connectivity index is 2.71. The molecule has 1 aromatic heterocycles. The first kappa shape index (κ1) is 12.4. The molecular weight excluding hydrogens is 236 g/mol. The first-order valence-electron chi connectivity index (χ1n) is 5.65. The van der Waals surface area contributed by atoms with Crippen molar-refractivity contribution in [2.75, 3.05) is 12.4 Å². The van der Waals surface area contributed by atoms with Gasteiger partial charge in [0.05, 0.1) is 11.3 Å². The Bertz CT molecular complexity index is 550. The van der Waals surface area contributed by atoms with Crippen LogP contribution in [0.2, 0.25) is 0 Å². The largest absolute Gasteiger partial charge is 0.373 e. The Labute approximate surface area is 104 Å². The molecule has 18 heavy (non-hydrogen) atoms. The number of benzene rings is 1. The number of hydrogen-bond donors (Lipinski definition) is 1. The van der Waals surface area contributed by atoms with Gasteiger partial charge in [-0.2, -0.15) is 0 Å². The van der Waals surface area contributed by atoms with Crippen molar-refractivity contribution in [3.63, 3.8) is 0 Å². The molecule has 0 aliphatic heterocycles. The van der Waals surface area contributed by atoms with E-state index in [0.29, 0.717) is 23.5 Å². The van der Waals surface area contributed by atoms with E-state index in [1.54, 1.807) is 7.05 Å². The molecule has 0 spiro atoms. The third-order valence-electron chi connectivity index (χ3n) is 2.74. The molecule has 0 bridgehead atoms. The van der Waals surface area contributed by atoms with Crippen molar-refractivity contribution in [1.82, 2.24) is 9.97 Å². The predicted octanol–water partition coefficient (Wildman–Crippen LogP) is 3.03. The molecule has 0 amide bonds. The maximum absolute atomic E-state index is 13.8. The second-order valence-corrected chi connectivity index (χ2v) is 3.75. The van der Waals surface area contributed by atoms with Gasteiger partial charge in [-0.3, -0.25) is 0 Å². The molecule has 0 unspecified atom stereocenters. The van der Waals surface area contributed by atoms with E-state index in [4.69, 9.17) is 0 Å². The van der Waals surface area contributed by atoms with Crippen molar-refractivity contribution in [2.24, 2.45) is 0 Å². The highest BCUT2D eigenvalue weighted by Crippen LogP contribution is 2.30. The van der Waals surface area contributed by atoms with Crippen LogP contribution in [0.4, 0.5) is 14.6 Å². The summed E-state index contributed by atoms with van der Waals surface area (Å²) in [5.74, 6) is -0.652. The maximum Gasteiger partial charge on any atom is 0.135 e. The van der Waals surface area contributed by atoms with Gasteiger partial charge in [0.2, 0.25) is 0 Å². The summed E-state index contributed by atoms with van der Waals surface area (Å²) in [7, 11) is 1.71. The highest BCUT2D eigenvalue weighted by Gasteiger charge is 2.17. The zero-order chi connectivity index (χ0) is 13.1. The van der Waals surface area contributed by atoms with Crippen molar-refractivity contribution in [3.05, 3.63) is 41.7 Å². The zero-order valence-corrected chi connectivity index (χ0v) is 10.2. The van der Waals surface area contributed by atoms with Gasteiger partial charge in [-0.1, -0.05) is 13.0 Å². The number of halogens is 2. The zero-order valence-electron chi connectivity index (χ0n) is 10.2. The van der Waals surface area contributed by atoms with Crippen LogP contribution in [0.15, 0.2) is 24.5 Å². The second-order valence-electron chi connectivity index (χ2n) is 3.75. The van der Waals surface area contributed by atoms with Crippen LogP contribution in [0.1, 0.15) is 12.5 Å². The van der Waals surface area contributed by atoms with Gasteiger partial charge in [-0.15, -0.1) is 0 Å². The molecule has 2 rings (SSSR count). The molecule has 0 saturated carbocycles. The number of nitrogens with zero attached hydrogens (tertiary/aromatic N) is 2. The Morgan fingerprint density at radius 3 is 2.39 bits per heavy atom. The minimum Gasteiger partial charge on any atom is -0.373 e. The molecule has 3 nitrogen and oxygen atoms in total. The monoisotopic (exact) mass is 249 g/mol. The molecule has 1 N–H and O–H groups in total. The van der Waals surface area contributed by atoms with Gasteiger partial charge in [-0.05, 0) is 18.6 Å². The van der Waals surface area contributed by atoms with E-state index < -0.39 is 11.6 Å². The minimum absolute atomic E-state index is 0.103. The second kappa shape index (κ2) is 5.08. The molecule has 1 heterocycles. The Hall–Kier alpha value is -2.04. The quantitative estimate of drug-likeness (QED) is 0.908. The normalized spacial score (nSPS) is 10.4. The molecule has 0 radical (unpaired) electrons. The van der Waals surface area contributed by atoms with E-state index in [1.807, 2.05) is 6.92 Å². The minimum atomic E-state index is -0.620. The topological polar surface area (TPSA) is 37.8 Å². The number of aromatic nitrogens is 2. The van der Waals surface area contributed by atoms with Crippen LogP contribution in [0, 0.1) is 11.6 Å². The van der Waals surface area contributed by atoms with Gasteiger partial charge in [0.1, 0.15) is 23.8 Å². The van der Waals surface area contributed by atoms with E-state index >= 15 is 0 Å². The first-order valence-corrected chi connectivity index (χ1v) is 5.65. The van der Waals surface area contributed by atoms with E-state index in [1.165, 1.54) is 24.5 Å². The first-order chi connectivity index (χ1) is 8.69. The highest BCUT2D eigenvalue weighted by molar-refractivity contribution is 5.69. The number of anilines is 1. The van der Waals surface area contributed by atoms with Crippen LogP contribution in [0.5, 0.6) is 0 Å². The summed E-state index contributed by atoms with van der Waals surface area (Å²) in [6, 6.07) is 3.78. The van der Waals surface area contributed by atoms with Gasteiger partial charge < -0.3 is 5.32 Å². The SMILES string of the molecule is CCc1c(NC)ncnc1-c1c(F)cccc1F. The lowest BCUT2D eigenvalue weighted by atomic mass is 10.0. The maximum atomic E-state index is 13.8. The smallest absolute Gasteiger partial charge is 0.135 e.